The zero-order valence-corrected chi connectivity index (χ0v) is 12.6. The molecule has 1 aliphatic carbocycles. The van der Waals surface area contributed by atoms with Crippen LogP contribution in [-0.4, -0.2) is 39.3 Å². The molecule has 6 heteroatoms. The van der Waals surface area contributed by atoms with E-state index in [1.165, 1.54) is 0 Å². The Morgan fingerprint density at radius 2 is 2.10 bits per heavy atom. The molecule has 0 spiro atoms. The lowest BCUT2D eigenvalue weighted by molar-refractivity contribution is 0.0493. The van der Waals surface area contributed by atoms with Gasteiger partial charge < -0.3 is 9.84 Å². The van der Waals surface area contributed by atoms with E-state index in [0.29, 0.717) is 5.69 Å². The number of carbonyl (C=O) groups is 1. The van der Waals surface area contributed by atoms with Gasteiger partial charge in [0.1, 0.15) is 0 Å². The third-order valence-corrected chi connectivity index (χ3v) is 3.89. The Bertz CT molecular complexity index is 490. The predicted molar refractivity (Wildman–Crippen MR) is 74.0 cm³/mol. The molecule has 0 amide bonds. The van der Waals surface area contributed by atoms with E-state index in [2.05, 4.69) is 10.3 Å². The van der Waals surface area contributed by atoms with Gasteiger partial charge in [0.05, 0.1) is 17.8 Å². The van der Waals surface area contributed by atoms with Gasteiger partial charge in [0.15, 0.2) is 5.69 Å². The normalized spacial score (nSPS) is 23.8. The Hall–Kier alpha value is -1.43. The number of carboxylic acid groups (broad SMARTS) is 1. The molecule has 0 aliphatic heterocycles. The van der Waals surface area contributed by atoms with Gasteiger partial charge in [0.2, 0.25) is 0 Å². The molecule has 2 atom stereocenters. The lowest BCUT2D eigenvalue weighted by atomic mass is 9.87. The summed E-state index contributed by atoms with van der Waals surface area (Å²) in [4.78, 5) is 11.3. The van der Waals surface area contributed by atoms with Gasteiger partial charge in [-0.1, -0.05) is 26.0 Å². The zero-order chi connectivity index (χ0) is 14.9. The fourth-order valence-electron chi connectivity index (χ4n) is 2.95. The highest BCUT2D eigenvalue weighted by Gasteiger charge is 2.33. The molecule has 2 unspecified atom stereocenters. The predicted octanol–water partition coefficient (Wildman–Crippen LogP) is 2.40. The third kappa shape index (κ3) is 2.85. The second-order valence-electron chi connectivity index (χ2n) is 6.46. The van der Waals surface area contributed by atoms with E-state index in [4.69, 9.17) is 4.74 Å². The number of ether oxygens (including phenoxy) is 1. The van der Waals surface area contributed by atoms with Crippen molar-refractivity contribution in [2.24, 2.45) is 0 Å². The summed E-state index contributed by atoms with van der Waals surface area (Å²) < 4.78 is 7.26. The maximum atomic E-state index is 11.3. The van der Waals surface area contributed by atoms with Crippen molar-refractivity contribution in [3.05, 3.63) is 11.4 Å². The quantitative estimate of drug-likeness (QED) is 0.920. The van der Waals surface area contributed by atoms with Gasteiger partial charge in [-0.2, -0.15) is 0 Å². The topological polar surface area (TPSA) is 77.2 Å². The smallest absolute Gasteiger partial charge is 0.358 e. The van der Waals surface area contributed by atoms with Crippen LogP contribution < -0.4 is 0 Å². The lowest BCUT2D eigenvalue weighted by Crippen LogP contribution is -2.29. The summed E-state index contributed by atoms with van der Waals surface area (Å²) >= 11 is 0. The highest BCUT2D eigenvalue weighted by molar-refractivity contribution is 5.86. The number of methoxy groups -OCH3 is 1. The molecule has 1 heterocycles. The summed E-state index contributed by atoms with van der Waals surface area (Å²) in [6.07, 6.45) is 4.19. The lowest BCUT2D eigenvalue weighted by Gasteiger charge is -2.31. The molecule has 0 bridgehead atoms. The Morgan fingerprint density at radius 3 is 2.65 bits per heavy atom. The summed E-state index contributed by atoms with van der Waals surface area (Å²) in [6, 6.07) is 0.170. The average Bonchev–Trinajstić information content (AvgIpc) is 2.83. The van der Waals surface area contributed by atoms with Crippen LogP contribution in [0.15, 0.2) is 0 Å². The van der Waals surface area contributed by atoms with Crippen LogP contribution >= 0.6 is 0 Å². The van der Waals surface area contributed by atoms with Crippen LogP contribution in [0.4, 0.5) is 0 Å². The van der Waals surface area contributed by atoms with Crippen LogP contribution in [0.1, 0.15) is 68.7 Å². The Labute approximate surface area is 119 Å². The number of hydrogen-bond acceptors (Lipinski definition) is 4. The number of carboxylic acids is 1. The number of hydrogen-bond donors (Lipinski definition) is 1. The summed E-state index contributed by atoms with van der Waals surface area (Å²) in [5.41, 5.74) is 0.459. The summed E-state index contributed by atoms with van der Waals surface area (Å²) in [5, 5.41) is 17.3. The molecule has 6 nitrogen and oxygen atoms in total. The first-order valence-electron chi connectivity index (χ1n) is 7.06. The van der Waals surface area contributed by atoms with E-state index >= 15 is 0 Å². The molecule has 1 fully saturated rings. The molecule has 0 radical (unpaired) electrons. The van der Waals surface area contributed by atoms with Crippen LogP contribution in [0.5, 0.6) is 0 Å². The summed E-state index contributed by atoms with van der Waals surface area (Å²) in [5.74, 6) is -1.01. The number of aromatic carboxylic acids is 1. The second-order valence-corrected chi connectivity index (χ2v) is 6.46. The molecule has 1 aromatic heterocycles. The monoisotopic (exact) mass is 281 g/mol. The van der Waals surface area contributed by atoms with Gasteiger partial charge in [-0.15, -0.1) is 5.10 Å². The zero-order valence-electron chi connectivity index (χ0n) is 12.6. The van der Waals surface area contributed by atoms with E-state index < -0.39 is 5.97 Å². The van der Waals surface area contributed by atoms with Crippen molar-refractivity contribution >= 4 is 5.97 Å². The fourth-order valence-corrected chi connectivity index (χ4v) is 2.95. The van der Waals surface area contributed by atoms with Gasteiger partial charge in [-0.3, -0.25) is 0 Å². The minimum absolute atomic E-state index is 0.0667. The standard InChI is InChI=1S/C14H23N3O3/c1-14(2,3)12-11(13(18)19)15-16-17(12)9-6-5-7-10(8-9)20-4/h9-10H,5-8H2,1-4H3,(H,18,19). The maximum absolute atomic E-state index is 11.3. The summed E-state index contributed by atoms with van der Waals surface area (Å²) in [6.45, 7) is 5.97. The molecular weight excluding hydrogens is 258 g/mol. The van der Waals surface area contributed by atoms with Gasteiger partial charge in [0, 0.05) is 12.5 Å². The van der Waals surface area contributed by atoms with Crippen molar-refractivity contribution in [1.82, 2.24) is 15.0 Å². The van der Waals surface area contributed by atoms with Crippen molar-refractivity contribution in [2.75, 3.05) is 7.11 Å². The minimum atomic E-state index is -1.01. The maximum Gasteiger partial charge on any atom is 0.358 e. The molecule has 112 valence electrons. The van der Waals surface area contributed by atoms with Crippen molar-refractivity contribution in [3.63, 3.8) is 0 Å². The Kier molecular flexibility index (Phi) is 4.13. The van der Waals surface area contributed by atoms with Crippen molar-refractivity contribution in [2.45, 2.75) is 64.0 Å². The Balaban J connectivity index is 2.39. The van der Waals surface area contributed by atoms with Crippen molar-refractivity contribution in [3.8, 4) is 0 Å². The van der Waals surface area contributed by atoms with Gasteiger partial charge in [-0.25, -0.2) is 9.48 Å². The fraction of sp³-hybridized carbons (Fsp3) is 0.786. The molecule has 1 saturated carbocycles. The first-order chi connectivity index (χ1) is 9.34. The van der Waals surface area contributed by atoms with Crippen molar-refractivity contribution in [1.29, 1.82) is 0 Å². The highest BCUT2D eigenvalue weighted by atomic mass is 16.5. The molecule has 1 N–H and O–H groups in total. The van der Waals surface area contributed by atoms with E-state index in [9.17, 15) is 9.90 Å². The van der Waals surface area contributed by atoms with Crippen LogP contribution in [-0.2, 0) is 10.2 Å². The number of rotatable bonds is 3. The third-order valence-electron chi connectivity index (χ3n) is 3.89. The van der Waals surface area contributed by atoms with Gasteiger partial charge >= 0.3 is 5.97 Å². The van der Waals surface area contributed by atoms with Crippen LogP contribution in [0, 0.1) is 0 Å². The summed E-state index contributed by atoms with van der Waals surface area (Å²) in [7, 11) is 1.72. The largest absolute Gasteiger partial charge is 0.476 e. The SMILES string of the molecule is COC1CCCC(n2nnc(C(=O)O)c2C(C)(C)C)C1. The van der Waals surface area contributed by atoms with Gasteiger partial charge in [0.25, 0.3) is 0 Å². The molecule has 2 rings (SSSR count). The second kappa shape index (κ2) is 5.52. The van der Waals surface area contributed by atoms with Crippen LogP contribution in [0.3, 0.4) is 0 Å². The molecule has 0 saturated heterocycles. The average molecular weight is 281 g/mol. The Morgan fingerprint density at radius 1 is 1.40 bits per heavy atom. The molecule has 20 heavy (non-hydrogen) atoms. The van der Waals surface area contributed by atoms with E-state index in [1.54, 1.807) is 7.11 Å². The van der Waals surface area contributed by atoms with Crippen molar-refractivity contribution < 1.29 is 14.6 Å². The minimum Gasteiger partial charge on any atom is -0.476 e. The number of aromatic nitrogens is 3. The van der Waals surface area contributed by atoms with E-state index in [0.717, 1.165) is 25.7 Å². The van der Waals surface area contributed by atoms with Gasteiger partial charge in [-0.05, 0) is 25.7 Å². The number of nitrogens with zero attached hydrogens (tertiary/aromatic N) is 3. The van der Waals surface area contributed by atoms with E-state index in [1.807, 2.05) is 25.5 Å². The van der Waals surface area contributed by atoms with E-state index in [-0.39, 0.29) is 23.3 Å². The highest BCUT2D eigenvalue weighted by Crippen LogP contribution is 2.34. The first-order valence-corrected chi connectivity index (χ1v) is 7.06. The molecule has 1 aliphatic rings. The molecule has 1 aromatic rings. The molecule has 0 aromatic carbocycles. The first kappa shape index (κ1) is 15.0. The van der Waals surface area contributed by atoms with Crippen LogP contribution in [0.2, 0.25) is 0 Å². The van der Waals surface area contributed by atoms with Crippen LogP contribution in [0.25, 0.3) is 0 Å². The molecular formula is C14H23N3O3.